The summed E-state index contributed by atoms with van der Waals surface area (Å²) in [6.45, 7) is 2.85. The lowest BCUT2D eigenvalue weighted by atomic mass is 9.76. The second-order valence-corrected chi connectivity index (χ2v) is 6.95. The number of esters is 1. The Hall–Kier alpha value is -2.58. The fourth-order valence-corrected chi connectivity index (χ4v) is 2.97. The molecule has 0 aliphatic carbocycles. The molecule has 0 radical (unpaired) electrons. The Morgan fingerprint density at radius 1 is 0.968 bits per heavy atom. The molecule has 0 bridgehead atoms. The molecule has 13 nitrogen and oxygen atoms in total. The van der Waals surface area contributed by atoms with Crippen molar-refractivity contribution in [2.75, 3.05) is 6.61 Å². The summed E-state index contributed by atoms with van der Waals surface area (Å²) in [5, 5.41) is 39.1. The van der Waals surface area contributed by atoms with Gasteiger partial charge in [0.25, 0.3) is 0 Å². The number of aliphatic hydroxyl groups excluding tert-OH is 4. The lowest BCUT2D eigenvalue weighted by Crippen LogP contribution is -2.74. The fraction of sp³-hybridized carbons (Fsp3) is 0.667. The number of rotatable bonds is 11. The van der Waals surface area contributed by atoms with E-state index in [1.165, 1.54) is 0 Å². The first-order valence-corrected chi connectivity index (χ1v) is 9.07. The summed E-state index contributed by atoms with van der Waals surface area (Å²) in [5.41, 5.74) is 2.24. The highest BCUT2D eigenvalue weighted by atomic mass is 16.6. The number of carbonyl (C=O) groups excluding carboxylic acids is 6. The molecule has 176 valence electrons. The van der Waals surface area contributed by atoms with Crippen LogP contribution in [0.3, 0.4) is 0 Å². The number of imide groups is 1. The molecule has 2 amide bonds. The summed E-state index contributed by atoms with van der Waals surface area (Å²) < 4.78 is 4.95. The average molecular weight is 448 g/mol. The predicted molar refractivity (Wildman–Crippen MR) is 101 cm³/mol. The number of hydrogen-bond acceptors (Lipinski definition) is 12. The third-order valence-electron chi connectivity index (χ3n) is 4.52. The van der Waals surface area contributed by atoms with E-state index in [9.17, 15) is 49.2 Å². The molecule has 0 rings (SSSR count). The van der Waals surface area contributed by atoms with Gasteiger partial charge >= 0.3 is 5.97 Å². The van der Waals surface area contributed by atoms with E-state index in [4.69, 9.17) is 10.5 Å². The maximum Gasteiger partial charge on any atom is 0.326 e. The third-order valence-corrected chi connectivity index (χ3v) is 4.52. The predicted octanol–water partition coefficient (Wildman–Crippen LogP) is -3.80. The largest absolute Gasteiger partial charge is 0.455 e. The van der Waals surface area contributed by atoms with Gasteiger partial charge in [-0.15, -0.1) is 0 Å². The second kappa shape index (κ2) is 11.2. The zero-order valence-corrected chi connectivity index (χ0v) is 17.8. The summed E-state index contributed by atoms with van der Waals surface area (Å²) in [6.07, 6.45) is -8.68. The molecule has 31 heavy (non-hydrogen) atoms. The summed E-state index contributed by atoms with van der Waals surface area (Å²) in [5.74, 6) is -8.40. The molecule has 0 aromatic rings. The summed E-state index contributed by atoms with van der Waals surface area (Å²) in [6, 6.07) is -1.78. The SMILES string of the molecule is CC(=O)C(=O)[C@@](C(C)=O)([C@@H](OC(=O)[C@@H](N)[C@@H](C)O)[C@@H](O)[C@H](O)CO)N(C(C)=O)C(C)=O. The van der Waals surface area contributed by atoms with Crippen molar-refractivity contribution < 1.29 is 53.9 Å². The summed E-state index contributed by atoms with van der Waals surface area (Å²) in [7, 11) is 0. The van der Waals surface area contributed by atoms with Gasteiger partial charge in [-0.25, -0.2) is 0 Å². The quantitative estimate of drug-likeness (QED) is 0.117. The lowest BCUT2D eigenvalue weighted by Gasteiger charge is -2.44. The molecule has 0 fully saturated rings. The van der Waals surface area contributed by atoms with Gasteiger partial charge in [0.15, 0.2) is 17.7 Å². The fourth-order valence-electron chi connectivity index (χ4n) is 2.97. The molecule has 0 saturated heterocycles. The number of hydrogen-bond donors (Lipinski definition) is 5. The van der Waals surface area contributed by atoms with Gasteiger partial charge in [-0.05, 0) is 13.8 Å². The maximum atomic E-state index is 13.0. The number of Topliss-reactive ketones (excluding diaryl/α,β-unsaturated/α-hetero) is 3. The van der Waals surface area contributed by atoms with E-state index in [1.807, 2.05) is 0 Å². The topological polar surface area (TPSA) is 222 Å². The van der Waals surface area contributed by atoms with Crippen LogP contribution in [0, 0.1) is 0 Å². The van der Waals surface area contributed by atoms with Crippen molar-refractivity contribution in [1.29, 1.82) is 0 Å². The van der Waals surface area contributed by atoms with Crippen molar-refractivity contribution >= 4 is 35.1 Å². The Labute approximate surface area is 177 Å². The molecule has 0 aliphatic heterocycles. The van der Waals surface area contributed by atoms with Crippen LogP contribution in [0.15, 0.2) is 0 Å². The third kappa shape index (κ3) is 5.77. The minimum Gasteiger partial charge on any atom is -0.455 e. The zero-order chi connectivity index (χ0) is 24.8. The molecule has 6 N–H and O–H groups in total. The molecular weight excluding hydrogens is 420 g/mol. The van der Waals surface area contributed by atoms with Gasteiger partial charge in [0.1, 0.15) is 18.2 Å². The van der Waals surface area contributed by atoms with Crippen molar-refractivity contribution in [3.05, 3.63) is 0 Å². The monoisotopic (exact) mass is 448 g/mol. The van der Waals surface area contributed by atoms with Crippen LogP contribution >= 0.6 is 0 Å². The Morgan fingerprint density at radius 3 is 1.71 bits per heavy atom. The number of carbonyl (C=O) groups is 6. The number of ether oxygens (including phenoxy) is 1. The smallest absolute Gasteiger partial charge is 0.326 e. The number of aliphatic hydroxyl groups is 4. The molecule has 13 heteroatoms. The van der Waals surface area contributed by atoms with Crippen molar-refractivity contribution in [2.45, 2.75) is 70.6 Å². The Balaban J connectivity index is 7.25. The normalized spacial score (nSPS) is 17.9. The van der Waals surface area contributed by atoms with Crippen molar-refractivity contribution in [1.82, 2.24) is 4.90 Å². The summed E-state index contributed by atoms with van der Waals surface area (Å²) in [4.78, 5) is 74.6. The van der Waals surface area contributed by atoms with Gasteiger partial charge in [-0.1, -0.05) is 0 Å². The molecule has 6 atom stereocenters. The highest BCUT2D eigenvalue weighted by Gasteiger charge is 2.63. The first kappa shape index (κ1) is 28.4. The minimum atomic E-state index is -3.23. The molecule has 0 heterocycles. The molecule has 0 aromatic carbocycles. The van der Waals surface area contributed by atoms with Crippen LogP contribution in [0.1, 0.15) is 34.6 Å². The van der Waals surface area contributed by atoms with E-state index >= 15 is 0 Å². The molecule has 0 spiro atoms. The van der Waals surface area contributed by atoms with Crippen molar-refractivity contribution in [3.63, 3.8) is 0 Å². The highest BCUT2D eigenvalue weighted by Crippen LogP contribution is 2.31. The molecule has 0 aliphatic rings. The average Bonchev–Trinajstić information content (AvgIpc) is 2.66. The standard InChI is InChI=1S/C18H28N2O11/c1-7(22)13(19)17(30)31-16(14(28)12(27)6-21)18(9(3)24,15(29)8(2)23)20(10(4)25)11(5)26/h7,12-14,16,21-22,27-28H,6,19H2,1-5H3/t7-,12-,13+,14+,16+,18+/m1/s1. The van der Waals surface area contributed by atoms with Crippen LogP contribution in [0.25, 0.3) is 0 Å². The van der Waals surface area contributed by atoms with Gasteiger partial charge < -0.3 is 30.9 Å². The van der Waals surface area contributed by atoms with E-state index in [2.05, 4.69) is 0 Å². The molecule has 0 unspecified atom stereocenters. The maximum absolute atomic E-state index is 13.0. The first-order chi connectivity index (χ1) is 14.1. The van der Waals surface area contributed by atoms with Crippen LogP contribution in [0.2, 0.25) is 0 Å². The van der Waals surface area contributed by atoms with E-state index in [0.29, 0.717) is 13.8 Å². The van der Waals surface area contributed by atoms with E-state index in [-0.39, 0.29) is 4.90 Å². The second-order valence-electron chi connectivity index (χ2n) is 6.95. The van der Waals surface area contributed by atoms with Crippen molar-refractivity contribution in [3.8, 4) is 0 Å². The van der Waals surface area contributed by atoms with Gasteiger partial charge in [0.05, 0.1) is 12.7 Å². The molecule has 0 aromatic heterocycles. The van der Waals surface area contributed by atoms with Crippen LogP contribution in [-0.2, 0) is 33.5 Å². The van der Waals surface area contributed by atoms with Gasteiger partial charge in [-0.3, -0.25) is 33.7 Å². The number of amides is 2. The molecule has 0 saturated carbocycles. The zero-order valence-electron chi connectivity index (χ0n) is 17.8. The minimum absolute atomic E-state index is 0.0260. The lowest BCUT2D eigenvalue weighted by molar-refractivity contribution is -0.194. The van der Waals surface area contributed by atoms with Crippen molar-refractivity contribution in [2.24, 2.45) is 5.73 Å². The summed E-state index contributed by atoms with van der Waals surface area (Å²) >= 11 is 0. The van der Waals surface area contributed by atoms with Crippen LogP contribution in [0.5, 0.6) is 0 Å². The van der Waals surface area contributed by atoms with E-state index in [1.54, 1.807) is 0 Å². The molecular formula is C18H28N2O11. The Morgan fingerprint density at radius 2 is 1.42 bits per heavy atom. The van der Waals surface area contributed by atoms with Gasteiger partial charge in [0, 0.05) is 20.8 Å². The Kier molecular flexibility index (Phi) is 10.2. The van der Waals surface area contributed by atoms with Gasteiger partial charge in [0.2, 0.25) is 23.1 Å². The number of nitrogens with zero attached hydrogens (tertiary/aromatic N) is 1. The van der Waals surface area contributed by atoms with Crippen LogP contribution < -0.4 is 5.73 Å². The number of ketones is 3. The number of nitrogens with two attached hydrogens (primary N) is 1. The van der Waals surface area contributed by atoms with Gasteiger partial charge in [-0.2, -0.15) is 0 Å². The Bertz CT molecular complexity index is 737. The van der Waals surface area contributed by atoms with Crippen LogP contribution in [0.4, 0.5) is 0 Å². The highest BCUT2D eigenvalue weighted by molar-refractivity contribution is 6.45. The van der Waals surface area contributed by atoms with E-state index in [0.717, 1.165) is 20.8 Å². The first-order valence-electron chi connectivity index (χ1n) is 9.07. The van der Waals surface area contributed by atoms with E-state index < -0.39 is 77.7 Å². The van der Waals surface area contributed by atoms with Crippen LogP contribution in [-0.4, -0.2) is 103 Å².